The summed E-state index contributed by atoms with van der Waals surface area (Å²) in [6.45, 7) is 4.75. The fraction of sp³-hybridized carbons (Fsp3) is 0.529. The van der Waals surface area contributed by atoms with Crippen molar-refractivity contribution in [3.05, 3.63) is 35.2 Å². The van der Waals surface area contributed by atoms with Crippen molar-refractivity contribution in [2.24, 2.45) is 23.5 Å². The molecule has 1 aromatic heterocycles. The third-order valence-corrected chi connectivity index (χ3v) is 5.71. The van der Waals surface area contributed by atoms with Gasteiger partial charge in [0.15, 0.2) is 0 Å². The first-order valence-electron chi connectivity index (χ1n) is 7.37. The molecule has 2 N–H and O–H groups in total. The molecule has 3 rings (SSSR count). The van der Waals surface area contributed by atoms with Crippen molar-refractivity contribution in [3.63, 3.8) is 0 Å². The average Bonchev–Trinajstić information content (AvgIpc) is 2.80. The van der Waals surface area contributed by atoms with Gasteiger partial charge in [-0.25, -0.2) is 0 Å². The second-order valence-corrected chi connectivity index (χ2v) is 7.51. The number of hydrogen-bond donors (Lipinski definition) is 1. The summed E-state index contributed by atoms with van der Waals surface area (Å²) < 4.78 is 1.37. The third-order valence-electron chi connectivity index (χ3n) is 4.50. The van der Waals surface area contributed by atoms with Crippen LogP contribution in [0.5, 0.6) is 0 Å². The number of hydrogen-bond acceptors (Lipinski definition) is 2. The molecule has 0 aliphatic heterocycles. The fourth-order valence-corrected chi connectivity index (χ4v) is 4.86. The maximum atomic E-state index is 6.57. The van der Waals surface area contributed by atoms with Crippen LogP contribution < -0.4 is 5.73 Å². The minimum atomic E-state index is 0.225. The number of rotatable bonds is 2. The Morgan fingerprint density at radius 2 is 1.79 bits per heavy atom. The van der Waals surface area contributed by atoms with E-state index in [1.807, 2.05) is 11.3 Å². The molecule has 2 aromatic rings. The molecule has 1 fully saturated rings. The zero-order valence-corrected chi connectivity index (χ0v) is 12.6. The topological polar surface area (TPSA) is 26.0 Å². The SMILES string of the molecule is CC1CC(C)CC(C(N)c2cc3ccccc3s2)C1. The van der Waals surface area contributed by atoms with Crippen molar-refractivity contribution in [2.45, 2.75) is 39.2 Å². The molecule has 1 aliphatic rings. The Bertz CT molecular complexity index is 516. The van der Waals surface area contributed by atoms with Crippen LogP contribution in [-0.4, -0.2) is 0 Å². The summed E-state index contributed by atoms with van der Waals surface area (Å²) in [5.41, 5.74) is 6.57. The van der Waals surface area contributed by atoms with E-state index in [0.29, 0.717) is 5.92 Å². The van der Waals surface area contributed by atoms with Crippen molar-refractivity contribution in [3.8, 4) is 0 Å². The van der Waals surface area contributed by atoms with Crippen LogP contribution in [0.25, 0.3) is 10.1 Å². The Labute approximate surface area is 119 Å². The highest BCUT2D eigenvalue weighted by Gasteiger charge is 2.29. The summed E-state index contributed by atoms with van der Waals surface area (Å²) in [6, 6.07) is 11.1. The first-order valence-corrected chi connectivity index (χ1v) is 8.19. The van der Waals surface area contributed by atoms with E-state index < -0.39 is 0 Å². The van der Waals surface area contributed by atoms with Crippen molar-refractivity contribution in [2.75, 3.05) is 0 Å². The van der Waals surface area contributed by atoms with Crippen molar-refractivity contribution >= 4 is 21.4 Å². The molecule has 0 saturated heterocycles. The van der Waals surface area contributed by atoms with Gasteiger partial charge in [0.2, 0.25) is 0 Å². The zero-order valence-electron chi connectivity index (χ0n) is 11.8. The van der Waals surface area contributed by atoms with E-state index in [9.17, 15) is 0 Å². The Kier molecular flexibility index (Phi) is 3.64. The van der Waals surface area contributed by atoms with Gasteiger partial charge in [-0.15, -0.1) is 11.3 Å². The summed E-state index contributed by atoms with van der Waals surface area (Å²) in [4.78, 5) is 1.37. The molecule has 2 heteroatoms. The molecular formula is C17H23NS. The van der Waals surface area contributed by atoms with Crippen LogP contribution >= 0.6 is 11.3 Å². The van der Waals surface area contributed by atoms with Crippen molar-refractivity contribution in [1.82, 2.24) is 0 Å². The Balaban J connectivity index is 1.84. The standard InChI is InChI=1S/C17H23NS/c1-11-7-12(2)9-14(8-11)17(18)16-10-13-5-3-4-6-15(13)19-16/h3-6,10-12,14,17H,7-9,18H2,1-2H3. The van der Waals surface area contributed by atoms with E-state index in [1.165, 1.54) is 34.2 Å². The van der Waals surface area contributed by atoms with Crippen LogP contribution in [0, 0.1) is 17.8 Å². The van der Waals surface area contributed by atoms with Crippen LogP contribution in [0.3, 0.4) is 0 Å². The lowest BCUT2D eigenvalue weighted by Crippen LogP contribution is -2.28. The van der Waals surface area contributed by atoms with Crippen molar-refractivity contribution < 1.29 is 0 Å². The van der Waals surface area contributed by atoms with Gasteiger partial charge in [0.05, 0.1) is 0 Å². The Morgan fingerprint density at radius 1 is 1.11 bits per heavy atom. The molecule has 3 unspecified atom stereocenters. The van der Waals surface area contributed by atoms with Crippen LogP contribution in [0.1, 0.15) is 44.0 Å². The summed E-state index contributed by atoms with van der Waals surface area (Å²) in [5, 5.41) is 1.34. The van der Waals surface area contributed by atoms with Gasteiger partial charge < -0.3 is 5.73 Å². The molecule has 3 atom stereocenters. The first kappa shape index (κ1) is 13.1. The summed E-state index contributed by atoms with van der Waals surface area (Å²) in [5.74, 6) is 2.31. The maximum absolute atomic E-state index is 6.57. The first-order chi connectivity index (χ1) is 9.13. The lowest BCUT2D eigenvalue weighted by atomic mass is 9.73. The second-order valence-electron chi connectivity index (χ2n) is 6.39. The molecule has 1 aromatic carbocycles. The number of fused-ring (bicyclic) bond motifs is 1. The van der Waals surface area contributed by atoms with Gasteiger partial charge in [-0.2, -0.15) is 0 Å². The lowest BCUT2D eigenvalue weighted by Gasteiger charge is -2.34. The van der Waals surface area contributed by atoms with Gasteiger partial charge in [-0.1, -0.05) is 32.0 Å². The predicted molar refractivity (Wildman–Crippen MR) is 84.4 cm³/mol. The summed E-state index contributed by atoms with van der Waals surface area (Å²) in [7, 11) is 0. The van der Waals surface area contributed by atoms with E-state index in [2.05, 4.69) is 44.2 Å². The van der Waals surface area contributed by atoms with Gasteiger partial charge in [0.1, 0.15) is 0 Å². The molecule has 0 amide bonds. The van der Waals surface area contributed by atoms with Gasteiger partial charge in [0.25, 0.3) is 0 Å². The molecule has 1 aliphatic carbocycles. The normalized spacial score (nSPS) is 29.5. The van der Waals surface area contributed by atoms with Gasteiger partial charge in [-0.05, 0) is 54.5 Å². The number of benzene rings is 1. The average molecular weight is 273 g/mol. The van der Waals surface area contributed by atoms with Crippen LogP contribution in [0.4, 0.5) is 0 Å². The summed E-state index contributed by atoms with van der Waals surface area (Å²) in [6.07, 6.45) is 3.95. The van der Waals surface area contributed by atoms with Gasteiger partial charge >= 0.3 is 0 Å². The van der Waals surface area contributed by atoms with E-state index in [1.54, 1.807) is 0 Å². The Hall–Kier alpha value is -0.860. The molecule has 102 valence electrons. The minimum Gasteiger partial charge on any atom is -0.323 e. The highest BCUT2D eigenvalue weighted by atomic mass is 32.1. The Morgan fingerprint density at radius 3 is 2.47 bits per heavy atom. The number of nitrogens with two attached hydrogens (primary N) is 1. The quantitative estimate of drug-likeness (QED) is 0.821. The number of thiophene rings is 1. The predicted octanol–water partition coefficient (Wildman–Crippen LogP) is 4.97. The third kappa shape index (κ3) is 2.70. The van der Waals surface area contributed by atoms with E-state index >= 15 is 0 Å². The van der Waals surface area contributed by atoms with Crippen LogP contribution in [0.15, 0.2) is 30.3 Å². The zero-order chi connectivity index (χ0) is 13.4. The van der Waals surface area contributed by atoms with Crippen LogP contribution in [-0.2, 0) is 0 Å². The molecule has 1 nitrogen and oxygen atoms in total. The molecule has 19 heavy (non-hydrogen) atoms. The second kappa shape index (κ2) is 5.26. The van der Waals surface area contributed by atoms with E-state index in [4.69, 9.17) is 5.73 Å². The lowest BCUT2D eigenvalue weighted by molar-refractivity contribution is 0.194. The van der Waals surface area contributed by atoms with Crippen LogP contribution in [0.2, 0.25) is 0 Å². The fourth-order valence-electron chi connectivity index (χ4n) is 3.70. The van der Waals surface area contributed by atoms with Gasteiger partial charge in [-0.3, -0.25) is 0 Å². The molecule has 1 heterocycles. The molecule has 0 bridgehead atoms. The molecule has 0 spiro atoms. The summed E-state index contributed by atoms with van der Waals surface area (Å²) >= 11 is 1.88. The van der Waals surface area contributed by atoms with Gasteiger partial charge in [0, 0.05) is 15.6 Å². The smallest absolute Gasteiger partial charge is 0.0419 e. The van der Waals surface area contributed by atoms with E-state index in [-0.39, 0.29) is 6.04 Å². The molecule has 0 radical (unpaired) electrons. The molecule has 1 saturated carbocycles. The molecular weight excluding hydrogens is 250 g/mol. The highest BCUT2D eigenvalue weighted by Crippen LogP contribution is 2.41. The highest BCUT2D eigenvalue weighted by molar-refractivity contribution is 7.19. The maximum Gasteiger partial charge on any atom is 0.0419 e. The van der Waals surface area contributed by atoms with Crippen molar-refractivity contribution in [1.29, 1.82) is 0 Å². The monoisotopic (exact) mass is 273 g/mol. The largest absolute Gasteiger partial charge is 0.323 e. The van der Waals surface area contributed by atoms with E-state index in [0.717, 1.165) is 11.8 Å². The minimum absolute atomic E-state index is 0.225.